The number of amides is 2. The van der Waals surface area contributed by atoms with E-state index in [0.717, 1.165) is 95.1 Å². The summed E-state index contributed by atoms with van der Waals surface area (Å²) in [6.45, 7) is 4.03. The predicted octanol–water partition coefficient (Wildman–Crippen LogP) is 9.36. The van der Waals surface area contributed by atoms with Gasteiger partial charge < -0.3 is 19.8 Å². The zero-order valence-corrected chi connectivity index (χ0v) is 34.4. The maximum absolute atomic E-state index is 14.0. The summed E-state index contributed by atoms with van der Waals surface area (Å²) in [5, 5.41) is 0. The Morgan fingerprint density at radius 3 is 1.90 bits per heavy atom. The number of nitrogens with one attached hydrogen (secondary N) is 2. The van der Waals surface area contributed by atoms with Gasteiger partial charge >= 0.3 is 0 Å². The minimum atomic E-state index is -0.344. The van der Waals surface area contributed by atoms with E-state index in [9.17, 15) is 9.59 Å². The molecule has 59 heavy (non-hydrogen) atoms. The molecule has 0 spiro atoms. The molecule has 6 aromatic rings. The Kier molecular flexibility index (Phi) is 16.0. The summed E-state index contributed by atoms with van der Waals surface area (Å²) in [6.07, 6.45) is 25.0. The van der Waals surface area contributed by atoms with Crippen LogP contribution in [-0.4, -0.2) is 73.6 Å². The molecule has 1 aliphatic heterocycles. The molecule has 302 valence electrons. The summed E-state index contributed by atoms with van der Waals surface area (Å²) >= 11 is 0. The van der Waals surface area contributed by atoms with Crippen molar-refractivity contribution in [3.05, 3.63) is 144 Å². The van der Waals surface area contributed by atoms with Crippen LogP contribution in [0.25, 0.3) is 33.6 Å². The van der Waals surface area contributed by atoms with Crippen molar-refractivity contribution in [1.82, 2.24) is 34.6 Å². The van der Waals surface area contributed by atoms with Crippen LogP contribution in [0.5, 0.6) is 0 Å². The third-order valence-corrected chi connectivity index (χ3v) is 10.6. The second-order valence-electron chi connectivity index (χ2n) is 14.7. The molecule has 2 amide bonds. The number of aromatic nitrogens is 4. The van der Waals surface area contributed by atoms with Gasteiger partial charge in [0.25, 0.3) is 0 Å². The molecule has 2 atom stereocenters. The largest absolute Gasteiger partial charge is 0.341 e. The second-order valence-corrected chi connectivity index (χ2v) is 14.7. The highest BCUT2D eigenvalue weighted by Crippen LogP contribution is 2.34. The van der Waals surface area contributed by atoms with E-state index in [2.05, 4.69) is 96.1 Å². The Morgan fingerprint density at radius 2 is 1.31 bits per heavy atom. The fraction of sp³-hybridized carbons (Fsp3) is 0.280. The molecule has 9 heteroatoms. The van der Waals surface area contributed by atoms with E-state index in [4.69, 9.17) is 4.98 Å². The lowest BCUT2D eigenvalue weighted by atomic mass is 9.97. The lowest BCUT2D eigenvalue weighted by molar-refractivity contribution is -0.140. The zero-order chi connectivity index (χ0) is 42.1. The van der Waals surface area contributed by atoms with Crippen molar-refractivity contribution in [2.75, 3.05) is 27.2 Å². The van der Waals surface area contributed by atoms with Crippen molar-refractivity contribution in [1.29, 1.82) is 0 Å². The summed E-state index contributed by atoms with van der Waals surface area (Å²) in [4.78, 5) is 49.7. The smallest absolute Gasteiger partial charge is 0.245 e. The minimum absolute atomic E-state index is 0.0907. The highest BCUT2D eigenvalue weighted by atomic mass is 16.2. The highest BCUT2D eigenvalue weighted by molar-refractivity contribution is 5.84. The van der Waals surface area contributed by atoms with Crippen LogP contribution in [0.15, 0.2) is 122 Å². The van der Waals surface area contributed by atoms with Crippen molar-refractivity contribution < 1.29 is 9.59 Å². The van der Waals surface area contributed by atoms with E-state index in [1.165, 1.54) is 0 Å². The number of carbonyl (C=O) groups is 2. The monoisotopic (exact) mass is 785 g/mol. The topological polar surface area (TPSA) is 101 Å². The first-order valence-electron chi connectivity index (χ1n) is 20.2. The van der Waals surface area contributed by atoms with Crippen molar-refractivity contribution in [2.24, 2.45) is 0 Å². The third-order valence-electron chi connectivity index (χ3n) is 10.6. The number of aromatic amines is 2. The van der Waals surface area contributed by atoms with Crippen molar-refractivity contribution in [3.8, 4) is 59.3 Å². The molecule has 0 saturated carbocycles. The Morgan fingerprint density at radius 1 is 0.746 bits per heavy atom. The van der Waals surface area contributed by atoms with Crippen molar-refractivity contribution in [3.63, 3.8) is 0 Å². The molecule has 9 nitrogen and oxygen atoms in total. The Labute approximate surface area is 349 Å². The van der Waals surface area contributed by atoms with Gasteiger partial charge in [-0.05, 0) is 73.2 Å². The zero-order valence-electron chi connectivity index (χ0n) is 34.4. The van der Waals surface area contributed by atoms with Crippen LogP contribution in [-0.2, 0) is 22.6 Å². The van der Waals surface area contributed by atoms with Crippen LogP contribution in [0.1, 0.15) is 73.9 Å². The number of H-pyrrole nitrogens is 2. The molecular formula is C50H55N7O2. The van der Waals surface area contributed by atoms with Gasteiger partial charge in [-0.3, -0.25) is 14.5 Å². The van der Waals surface area contributed by atoms with Gasteiger partial charge in [0.2, 0.25) is 11.8 Å². The number of unbranched alkanes of at least 4 members (excludes halogenated alkanes) is 1. The normalized spacial score (nSPS) is 14.0. The molecule has 0 bridgehead atoms. The number of carbonyl (C=O) groups excluding carboxylic acids is 2. The van der Waals surface area contributed by atoms with Gasteiger partial charge in [0, 0.05) is 13.1 Å². The molecule has 0 radical (unpaired) electrons. The predicted molar refractivity (Wildman–Crippen MR) is 238 cm³/mol. The lowest BCUT2D eigenvalue weighted by Gasteiger charge is -2.38. The summed E-state index contributed by atoms with van der Waals surface area (Å²) in [7, 11) is 3.93. The van der Waals surface area contributed by atoms with Crippen LogP contribution in [0, 0.1) is 25.7 Å². The molecule has 7 rings (SSSR count). The van der Waals surface area contributed by atoms with E-state index < -0.39 is 0 Å². The molecule has 1 aliphatic rings. The number of terminal acetylenes is 2. The van der Waals surface area contributed by atoms with E-state index in [1.807, 2.05) is 102 Å². The Bertz CT molecular complexity index is 2230. The van der Waals surface area contributed by atoms with Crippen LogP contribution in [0.3, 0.4) is 0 Å². The quantitative estimate of drug-likeness (QED) is 0.107. The number of hydrogen-bond acceptors (Lipinski definition) is 5. The summed E-state index contributed by atoms with van der Waals surface area (Å²) in [5.74, 6) is 1.84. The van der Waals surface area contributed by atoms with Crippen LogP contribution in [0.2, 0.25) is 0 Å². The van der Waals surface area contributed by atoms with E-state index >= 15 is 0 Å². The fourth-order valence-electron chi connectivity index (χ4n) is 7.56. The van der Waals surface area contributed by atoms with E-state index in [1.54, 1.807) is 0 Å². The fourth-order valence-corrected chi connectivity index (χ4v) is 7.56. The van der Waals surface area contributed by atoms with Gasteiger partial charge in [-0.1, -0.05) is 123 Å². The van der Waals surface area contributed by atoms with Crippen LogP contribution >= 0.6 is 0 Å². The maximum atomic E-state index is 14.0. The van der Waals surface area contributed by atoms with E-state index in [0.29, 0.717) is 19.5 Å². The standard InChI is InChI=1S/C46H51N7O2.2C2H2/c1-4-5-27-52(43(54)29-33-14-8-6-9-15-33)32-42-47-30-39(49-42)36-23-19-34(20-24-36)35-21-25-37(26-22-35)40-31-48-45(50-40)41-18-12-13-28-53(41)46(55)44(51(2)3)38-16-10-7-11-17-38;2*1-2/h6-11,14-17,19-26,30-31,41,44H,4-5,12-13,18,27-29,32H2,1-3H3,(H,47,49)(H,48,50);2*1-2H/t41-,44+;;/m0../s1. The molecule has 4 aromatic carbocycles. The second kappa shape index (κ2) is 21.7. The molecule has 2 N–H and O–H groups in total. The number of likely N-dealkylation sites (tertiary alicyclic amines) is 1. The Balaban J connectivity index is 0.00000160. The first kappa shape index (κ1) is 43.4. The van der Waals surface area contributed by atoms with Crippen LogP contribution < -0.4 is 0 Å². The molecular weight excluding hydrogens is 731 g/mol. The summed E-state index contributed by atoms with van der Waals surface area (Å²) in [5.41, 5.74) is 8.19. The molecule has 1 saturated heterocycles. The average molecular weight is 786 g/mol. The minimum Gasteiger partial charge on any atom is -0.341 e. The maximum Gasteiger partial charge on any atom is 0.245 e. The van der Waals surface area contributed by atoms with E-state index in [-0.39, 0.29) is 23.9 Å². The summed E-state index contributed by atoms with van der Waals surface area (Å²) in [6, 6.07) is 36.5. The third kappa shape index (κ3) is 11.0. The molecule has 0 unspecified atom stereocenters. The molecule has 0 aliphatic carbocycles. The van der Waals surface area contributed by atoms with Gasteiger partial charge in [-0.15, -0.1) is 25.7 Å². The Hall–Kier alpha value is -6.68. The number of nitrogens with zero attached hydrogens (tertiary/aromatic N) is 5. The van der Waals surface area contributed by atoms with Gasteiger partial charge in [0.05, 0.1) is 42.8 Å². The van der Waals surface area contributed by atoms with Gasteiger partial charge in [-0.2, -0.15) is 0 Å². The number of benzene rings is 4. The average Bonchev–Trinajstić information content (AvgIpc) is 3.98. The van der Waals surface area contributed by atoms with Crippen molar-refractivity contribution in [2.45, 2.75) is 64.1 Å². The molecule has 3 heterocycles. The number of likely N-dealkylation sites (N-methyl/N-ethyl adjacent to an activating group) is 1. The lowest BCUT2D eigenvalue weighted by Crippen LogP contribution is -2.45. The first-order valence-corrected chi connectivity index (χ1v) is 20.2. The van der Waals surface area contributed by atoms with Gasteiger partial charge in [0.1, 0.15) is 17.7 Å². The molecule has 2 aromatic heterocycles. The highest BCUT2D eigenvalue weighted by Gasteiger charge is 2.35. The number of rotatable bonds is 14. The van der Waals surface area contributed by atoms with Gasteiger partial charge in [0.15, 0.2) is 0 Å². The SMILES string of the molecule is C#C.C#C.CCCCN(Cc1ncc(-c2ccc(-c3ccc(-c4cnc([C@@H]5CCCCN5C(=O)[C@@H](c5ccccc5)N(C)C)[nH]4)cc3)cc2)[nH]1)C(=O)Cc1ccccc1. The number of imidazole rings is 2. The van der Waals surface area contributed by atoms with Gasteiger partial charge in [-0.25, -0.2) is 9.97 Å². The molecule has 1 fully saturated rings. The van der Waals surface area contributed by atoms with Crippen molar-refractivity contribution >= 4 is 11.8 Å². The van der Waals surface area contributed by atoms with Crippen LogP contribution in [0.4, 0.5) is 0 Å². The number of hydrogen-bond donors (Lipinski definition) is 2. The first-order chi connectivity index (χ1) is 28.9. The number of piperidine rings is 1. The summed E-state index contributed by atoms with van der Waals surface area (Å²) < 4.78 is 0.